The van der Waals surface area contributed by atoms with E-state index in [9.17, 15) is 0 Å². The van der Waals surface area contributed by atoms with Crippen molar-refractivity contribution in [2.75, 3.05) is 0 Å². The number of hydrogen-bond donors (Lipinski definition) is 1. The molecule has 0 saturated carbocycles. The Morgan fingerprint density at radius 1 is 1.54 bits per heavy atom. The molecular weight excluding hydrogens is 182 g/mol. The van der Waals surface area contributed by atoms with Crippen LogP contribution in [-0.4, -0.2) is 10.1 Å². The van der Waals surface area contributed by atoms with Crippen molar-refractivity contribution in [2.24, 2.45) is 0 Å². The summed E-state index contributed by atoms with van der Waals surface area (Å²) in [5, 5.41) is 10.9. The Morgan fingerprint density at radius 2 is 2.46 bits per heavy atom. The van der Waals surface area contributed by atoms with Crippen LogP contribution in [0.25, 0.3) is 11.3 Å². The number of nitrogens with zero attached hydrogens (tertiary/aromatic N) is 1. The molecule has 65 valence electrons. The lowest BCUT2D eigenvalue weighted by Crippen LogP contribution is -1.84. The Kier molecular flexibility index (Phi) is 2.38. The molecule has 2 aromatic rings. The zero-order valence-electron chi connectivity index (χ0n) is 6.90. The summed E-state index contributed by atoms with van der Waals surface area (Å²) in [6, 6.07) is 8.63. The van der Waals surface area contributed by atoms with Crippen LogP contribution in [0.2, 0.25) is 0 Å². The highest BCUT2D eigenvalue weighted by molar-refractivity contribution is 7.07. The molecule has 0 saturated heterocycles. The molecule has 0 spiro atoms. The molecular formula is C10H8NOS. The molecule has 1 heterocycles. The first-order valence-electron chi connectivity index (χ1n) is 3.90. The van der Waals surface area contributed by atoms with E-state index in [-0.39, 0.29) is 6.61 Å². The molecule has 0 amide bonds. The summed E-state index contributed by atoms with van der Waals surface area (Å²) in [6.45, 7) is 0.0613. The fourth-order valence-corrected chi connectivity index (χ4v) is 1.66. The maximum Gasteiger partial charge on any atom is 0.0817 e. The van der Waals surface area contributed by atoms with Gasteiger partial charge in [-0.05, 0) is 17.7 Å². The smallest absolute Gasteiger partial charge is 0.0817 e. The Balaban J connectivity index is 2.41. The van der Waals surface area contributed by atoms with Crippen LogP contribution in [0.1, 0.15) is 5.56 Å². The van der Waals surface area contributed by atoms with Crippen molar-refractivity contribution in [2.45, 2.75) is 6.61 Å². The highest BCUT2D eigenvalue weighted by Gasteiger charge is 2.00. The molecule has 1 N–H and O–H groups in total. The van der Waals surface area contributed by atoms with Crippen molar-refractivity contribution < 1.29 is 5.11 Å². The lowest BCUT2D eigenvalue weighted by atomic mass is 10.1. The van der Waals surface area contributed by atoms with Crippen LogP contribution in [0, 0.1) is 6.07 Å². The third kappa shape index (κ3) is 1.76. The molecule has 0 aliphatic carbocycles. The van der Waals surface area contributed by atoms with E-state index in [0.717, 1.165) is 16.8 Å². The van der Waals surface area contributed by atoms with Crippen LogP contribution in [0.3, 0.4) is 0 Å². The van der Waals surface area contributed by atoms with E-state index in [1.165, 1.54) is 0 Å². The molecule has 0 unspecified atom stereocenters. The molecule has 0 aliphatic heterocycles. The Hall–Kier alpha value is -1.19. The van der Waals surface area contributed by atoms with Gasteiger partial charge in [0.1, 0.15) is 0 Å². The van der Waals surface area contributed by atoms with Crippen molar-refractivity contribution in [3.05, 3.63) is 40.7 Å². The number of hydrogen-bond acceptors (Lipinski definition) is 3. The van der Waals surface area contributed by atoms with E-state index in [2.05, 4.69) is 11.1 Å². The first kappa shape index (κ1) is 8.41. The van der Waals surface area contributed by atoms with Gasteiger partial charge < -0.3 is 5.11 Å². The van der Waals surface area contributed by atoms with Gasteiger partial charge in [0.15, 0.2) is 0 Å². The van der Waals surface area contributed by atoms with Crippen molar-refractivity contribution in [1.82, 2.24) is 4.98 Å². The second kappa shape index (κ2) is 3.68. The zero-order valence-corrected chi connectivity index (χ0v) is 7.71. The van der Waals surface area contributed by atoms with E-state index in [4.69, 9.17) is 5.11 Å². The largest absolute Gasteiger partial charge is 0.392 e. The van der Waals surface area contributed by atoms with Gasteiger partial charge in [0, 0.05) is 10.9 Å². The normalized spacial score (nSPS) is 10.2. The number of thiazole rings is 1. The maximum absolute atomic E-state index is 8.93. The topological polar surface area (TPSA) is 33.1 Å². The van der Waals surface area contributed by atoms with Crippen LogP contribution in [-0.2, 0) is 6.61 Å². The van der Waals surface area contributed by atoms with Crippen LogP contribution >= 0.6 is 11.3 Å². The number of aliphatic hydroxyl groups excluding tert-OH is 1. The number of benzene rings is 1. The molecule has 2 nitrogen and oxygen atoms in total. The predicted octanol–water partition coefficient (Wildman–Crippen LogP) is 2.10. The number of aliphatic hydroxyl groups is 1. The Labute approximate surface area is 80.5 Å². The molecule has 0 atom stereocenters. The van der Waals surface area contributed by atoms with Gasteiger partial charge in [-0.25, -0.2) is 4.98 Å². The molecule has 0 bridgehead atoms. The second-order valence-electron chi connectivity index (χ2n) is 2.64. The summed E-state index contributed by atoms with van der Waals surface area (Å²) in [4.78, 5) is 4.17. The van der Waals surface area contributed by atoms with Gasteiger partial charge in [0.2, 0.25) is 0 Å². The summed E-state index contributed by atoms with van der Waals surface area (Å²) >= 11 is 1.55. The van der Waals surface area contributed by atoms with Gasteiger partial charge in [-0.3, -0.25) is 0 Å². The second-order valence-corrected chi connectivity index (χ2v) is 3.36. The summed E-state index contributed by atoms with van der Waals surface area (Å²) in [7, 11) is 0. The molecule has 0 fully saturated rings. The Bertz CT molecular complexity index is 384. The number of aromatic nitrogens is 1. The maximum atomic E-state index is 8.93. The third-order valence-corrected chi connectivity index (χ3v) is 2.34. The highest BCUT2D eigenvalue weighted by atomic mass is 32.1. The molecule has 2 rings (SSSR count). The van der Waals surface area contributed by atoms with Gasteiger partial charge in [0.05, 0.1) is 17.8 Å². The number of rotatable bonds is 2. The fraction of sp³-hybridized carbons (Fsp3) is 0.100. The van der Waals surface area contributed by atoms with E-state index in [1.807, 2.05) is 17.5 Å². The molecule has 13 heavy (non-hydrogen) atoms. The molecule has 0 aliphatic rings. The predicted molar refractivity (Wildman–Crippen MR) is 52.3 cm³/mol. The van der Waals surface area contributed by atoms with Crippen molar-refractivity contribution in [3.8, 4) is 11.3 Å². The monoisotopic (exact) mass is 190 g/mol. The minimum absolute atomic E-state index is 0.0613. The average molecular weight is 190 g/mol. The van der Waals surface area contributed by atoms with E-state index in [0.29, 0.717) is 0 Å². The van der Waals surface area contributed by atoms with Gasteiger partial charge in [-0.2, -0.15) is 0 Å². The van der Waals surface area contributed by atoms with Crippen molar-refractivity contribution in [1.29, 1.82) is 0 Å². The standard InChI is InChI=1S/C10H8NOS/c12-5-8-2-1-3-9(4-8)10-6-13-7-11-10/h1-2,4,6-7,12H,5H2. The molecule has 3 heteroatoms. The van der Waals surface area contributed by atoms with Crippen molar-refractivity contribution >= 4 is 11.3 Å². The van der Waals surface area contributed by atoms with Crippen LogP contribution in [0.4, 0.5) is 0 Å². The van der Waals surface area contributed by atoms with E-state index < -0.39 is 0 Å². The molecule has 1 aromatic carbocycles. The minimum atomic E-state index is 0.0613. The van der Waals surface area contributed by atoms with Gasteiger partial charge in [-0.15, -0.1) is 11.3 Å². The highest BCUT2D eigenvalue weighted by Crippen LogP contribution is 2.19. The first-order chi connectivity index (χ1) is 6.40. The van der Waals surface area contributed by atoms with Crippen LogP contribution < -0.4 is 0 Å². The zero-order chi connectivity index (χ0) is 9.10. The summed E-state index contributed by atoms with van der Waals surface area (Å²) in [5.74, 6) is 0. The quantitative estimate of drug-likeness (QED) is 0.786. The average Bonchev–Trinajstić information content (AvgIpc) is 2.71. The fourth-order valence-electron chi connectivity index (χ4n) is 1.11. The minimum Gasteiger partial charge on any atom is -0.392 e. The van der Waals surface area contributed by atoms with Crippen molar-refractivity contribution in [3.63, 3.8) is 0 Å². The lowest BCUT2D eigenvalue weighted by molar-refractivity contribution is 0.282. The van der Waals surface area contributed by atoms with Gasteiger partial charge in [-0.1, -0.05) is 12.1 Å². The van der Waals surface area contributed by atoms with E-state index >= 15 is 0 Å². The van der Waals surface area contributed by atoms with Gasteiger partial charge in [0.25, 0.3) is 0 Å². The summed E-state index contributed by atoms with van der Waals surface area (Å²) < 4.78 is 0. The Morgan fingerprint density at radius 3 is 3.15 bits per heavy atom. The van der Waals surface area contributed by atoms with Gasteiger partial charge >= 0.3 is 0 Å². The SMILES string of the molecule is OCc1cc[c]c(-c2cscn2)c1. The van der Waals surface area contributed by atoms with E-state index in [1.54, 1.807) is 22.9 Å². The lowest BCUT2D eigenvalue weighted by Gasteiger charge is -1.98. The van der Waals surface area contributed by atoms with Crippen LogP contribution in [0.15, 0.2) is 29.1 Å². The van der Waals surface area contributed by atoms with Crippen LogP contribution in [0.5, 0.6) is 0 Å². The molecule has 1 radical (unpaired) electrons. The summed E-state index contributed by atoms with van der Waals surface area (Å²) in [5.41, 5.74) is 4.53. The molecule has 1 aromatic heterocycles. The third-order valence-electron chi connectivity index (χ3n) is 1.76. The summed E-state index contributed by atoms with van der Waals surface area (Å²) in [6.07, 6.45) is 0. The first-order valence-corrected chi connectivity index (χ1v) is 4.84.